The van der Waals surface area contributed by atoms with Gasteiger partial charge in [-0.2, -0.15) is 0 Å². The summed E-state index contributed by atoms with van der Waals surface area (Å²) in [5.74, 6) is -0.322. The van der Waals surface area contributed by atoms with Gasteiger partial charge in [0.15, 0.2) is 11.5 Å². The standard InChI is InChI=1S/C10H11N3O2/c14-10(15)8-4-5-9(12-11-8)13-6-2-1-3-7-13/h1-2,4-5H,3,6-7H2,(H,14,15). The summed E-state index contributed by atoms with van der Waals surface area (Å²) in [6.45, 7) is 1.71. The molecule has 1 N–H and O–H groups in total. The first-order valence-corrected chi connectivity index (χ1v) is 4.74. The van der Waals surface area contributed by atoms with E-state index in [-0.39, 0.29) is 5.69 Å². The molecule has 0 unspecified atom stereocenters. The predicted octanol–water partition coefficient (Wildman–Crippen LogP) is 0.941. The molecular formula is C10H11N3O2. The highest BCUT2D eigenvalue weighted by Gasteiger charge is 2.10. The number of carboxylic acid groups (broad SMARTS) is 1. The topological polar surface area (TPSA) is 66.3 Å². The van der Waals surface area contributed by atoms with Gasteiger partial charge >= 0.3 is 5.97 Å². The van der Waals surface area contributed by atoms with E-state index in [0.717, 1.165) is 25.3 Å². The fourth-order valence-electron chi connectivity index (χ4n) is 1.46. The number of aromatic nitrogens is 2. The van der Waals surface area contributed by atoms with Gasteiger partial charge in [0.1, 0.15) is 0 Å². The van der Waals surface area contributed by atoms with Crippen molar-refractivity contribution < 1.29 is 9.90 Å². The SMILES string of the molecule is O=C(O)c1ccc(N2CC=CCC2)nn1. The van der Waals surface area contributed by atoms with Crippen molar-refractivity contribution in [1.82, 2.24) is 10.2 Å². The molecule has 0 fully saturated rings. The summed E-state index contributed by atoms with van der Waals surface area (Å²) in [6, 6.07) is 3.17. The van der Waals surface area contributed by atoms with Crippen LogP contribution in [0.15, 0.2) is 24.3 Å². The zero-order chi connectivity index (χ0) is 10.7. The molecule has 0 aromatic carbocycles. The number of rotatable bonds is 2. The van der Waals surface area contributed by atoms with Crippen LogP contribution in [0.5, 0.6) is 0 Å². The maximum absolute atomic E-state index is 10.6. The summed E-state index contributed by atoms with van der Waals surface area (Å²) in [6.07, 6.45) is 5.17. The van der Waals surface area contributed by atoms with E-state index in [9.17, 15) is 4.79 Å². The van der Waals surface area contributed by atoms with Gasteiger partial charge in [-0.05, 0) is 18.6 Å². The molecule has 0 bridgehead atoms. The molecule has 0 spiro atoms. The summed E-state index contributed by atoms with van der Waals surface area (Å²) in [5, 5.41) is 16.2. The Balaban J connectivity index is 2.16. The summed E-state index contributed by atoms with van der Waals surface area (Å²) in [5.41, 5.74) is -0.0219. The van der Waals surface area contributed by atoms with Crippen LogP contribution in [0, 0.1) is 0 Å². The average Bonchev–Trinajstić information content (AvgIpc) is 2.30. The van der Waals surface area contributed by atoms with Crippen LogP contribution in [-0.2, 0) is 0 Å². The van der Waals surface area contributed by atoms with E-state index in [0.29, 0.717) is 0 Å². The van der Waals surface area contributed by atoms with Crippen molar-refractivity contribution in [2.75, 3.05) is 18.0 Å². The summed E-state index contributed by atoms with van der Waals surface area (Å²) in [7, 11) is 0. The van der Waals surface area contributed by atoms with Crippen LogP contribution in [0.4, 0.5) is 5.82 Å². The van der Waals surface area contributed by atoms with Crippen molar-refractivity contribution in [1.29, 1.82) is 0 Å². The molecule has 1 aromatic rings. The Morgan fingerprint density at radius 2 is 2.20 bits per heavy atom. The first-order valence-electron chi connectivity index (χ1n) is 4.74. The van der Waals surface area contributed by atoms with Gasteiger partial charge in [0.2, 0.25) is 0 Å². The van der Waals surface area contributed by atoms with Gasteiger partial charge in [-0.25, -0.2) is 4.79 Å². The minimum atomic E-state index is -1.05. The van der Waals surface area contributed by atoms with Gasteiger partial charge in [-0.1, -0.05) is 12.2 Å². The lowest BCUT2D eigenvalue weighted by Gasteiger charge is -2.23. The minimum Gasteiger partial charge on any atom is -0.476 e. The minimum absolute atomic E-state index is 0.0219. The molecule has 0 aliphatic carbocycles. The second-order valence-corrected chi connectivity index (χ2v) is 3.29. The highest BCUT2D eigenvalue weighted by atomic mass is 16.4. The number of carboxylic acids is 1. The second kappa shape index (κ2) is 4.08. The molecule has 2 heterocycles. The fourth-order valence-corrected chi connectivity index (χ4v) is 1.46. The van der Waals surface area contributed by atoms with Gasteiger partial charge in [-0.15, -0.1) is 10.2 Å². The fraction of sp³-hybridized carbons (Fsp3) is 0.300. The molecule has 0 radical (unpaired) electrons. The second-order valence-electron chi connectivity index (χ2n) is 3.29. The lowest BCUT2D eigenvalue weighted by atomic mass is 10.2. The smallest absolute Gasteiger partial charge is 0.356 e. The maximum atomic E-state index is 10.6. The van der Waals surface area contributed by atoms with Crippen LogP contribution < -0.4 is 4.90 Å². The Hall–Kier alpha value is -1.91. The van der Waals surface area contributed by atoms with Crippen molar-refractivity contribution in [3.8, 4) is 0 Å². The number of nitrogens with zero attached hydrogens (tertiary/aromatic N) is 3. The van der Waals surface area contributed by atoms with Crippen LogP contribution in [-0.4, -0.2) is 34.4 Å². The van der Waals surface area contributed by atoms with Gasteiger partial charge in [0.25, 0.3) is 0 Å². The zero-order valence-corrected chi connectivity index (χ0v) is 8.13. The first-order chi connectivity index (χ1) is 7.27. The van der Waals surface area contributed by atoms with Gasteiger partial charge in [-0.3, -0.25) is 0 Å². The number of hydrogen-bond acceptors (Lipinski definition) is 4. The van der Waals surface area contributed by atoms with E-state index >= 15 is 0 Å². The van der Waals surface area contributed by atoms with Crippen LogP contribution in [0.2, 0.25) is 0 Å². The van der Waals surface area contributed by atoms with E-state index in [1.165, 1.54) is 6.07 Å². The van der Waals surface area contributed by atoms with E-state index in [1.54, 1.807) is 6.07 Å². The summed E-state index contributed by atoms with van der Waals surface area (Å²) in [4.78, 5) is 12.6. The quantitative estimate of drug-likeness (QED) is 0.728. The number of hydrogen-bond donors (Lipinski definition) is 1. The Morgan fingerprint density at radius 1 is 1.33 bits per heavy atom. The Bertz CT molecular complexity index is 386. The van der Waals surface area contributed by atoms with Gasteiger partial charge < -0.3 is 10.0 Å². The Labute approximate surface area is 87.0 Å². The Kier molecular flexibility index (Phi) is 2.62. The highest BCUT2D eigenvalue weighted by Crippen LogP contribution is 2.12. The van der Waals surface area contributed by atoms with E-state index < -0.39 is 5.97 Å². The number of aromatic carboxylic acids is 1. The van der Waals surface area contributed by atoms with Crippen molar-refractivity contribution in [3.63, 3.8) is 0 Å². The Morgan fingerprint density at radius 3 is 2.73 bits per heavy atom. The average molecular weight is 205 g/mol. The van der Waals surface area contributed by atoms with Crippen molar-refractivity contribution in [3.05, 3.63) is 30.0 Å². The van der Waals surface area contributed by atoms with Crippen LogP contribution in [0.1, 0.15) is 16.9 Å². The molecule has 0 amide bonds. The van der Waals surface area contributed by atoms with Crippen molar-refractivity contribution in [2.24, 2.45) is 0 Å². The van der Waals surface area contributed by atoms with Crippen LogP contribution in [0.3, 0.4) is 0 Å². The zero-order valence-electron chi connectivity index (χ0n) is 8.13. The van der Waals surface area contributed by atoms with Gasteiger partial charge in [0, 0.05) is 13.1 Å². The molecule has 15 heavy (non-hydrogen) atoms. The molecule has 5 heteroatoms. The van der Waals surface area contributed by atoms with Crippen LogP contribution >= 0.6 is 0 Å². The third kappa shape index (κ3) is 2.12. The lowest BCUT2D eigenvalue weighted by Crippen LogP contribution is -2.28. The van der Waals surface area contributed by atoms with Crippen molar-refractivity contribution >= 4 is 11.8 Å². The molecule has 0 saturated heterocycles. The molecular weight excluding hydrogens is 194 g/mol. The molecule has 0 atom stereocenters. The largest absolute Gasteiger partial charge is 0.476 e. The van der Waals surface area contributed by atoms with E-state index in [2.05, 4.69) is 27.2 Å². The molecule has 0 saturated carbocycles. The van der Waals surface area contributed by atoms with Crippen molar-refractivity contribution in [2.45, 2.75) is 6.42 Å². The number of anilines is 1. The molecule has 1 aliphatic rings. The first kappa shape index (κ1) is 9.64. The summed E-state index contributed by atoms with van der Waals surface area (Å²) >= 11 is 0. The molecule has 5 nitrogen and oxygen atoms in total. The third-order valence-corrected chi connectivity index (χ3v) is 2.25. The van der Waals surface area contributed by atoms with Crippen LogP contribution in [0.25, 0.3) is 0 Å². The number of carbonyl (C=O) groups is 1. The lowest BCUT2D eigenvalue weighted by molar-refractivity contribution is 0.0689. The normalized spacial score (nSPS) is 15.3. The molecule has 1 aliphatic heterocycles. The molecule has 78 valence electrons. The monoisotopic (exact) mass is 205 g/mol. The van der Waals surface area contributed by atoms with E-state index in [1.807, 2.05) is 0 Å². The molecule has 1 aromatic heterocycles. The molecule has 2 rings (SSSR count). The summed E-state index contributed by atoms with van der Waals surface area (Å²) < 4.78 is 0. The highest BCUT2D eigenvalue weighted by molar-refractivity contribution is 5.85. The third-order valence-electron chi connectivity index (χ3n) is 2.25. The maximum Gasteiger partial charge on any atom is 0.356 e. The predicted molar refractivity (Wildman–Crippen MR) is 55.0 cm³/mol. The van der Waals surface area contributed by atoms with E-state index in [4.69, 9.17) is 5.11 Å². The van der Waals surface area contributed by atoms with Gasteiger partial charge in [0.05, 0.1) is 0 Å².